The fourth-order valence-corrected chi connectivity index (χ4v) is 10.7. The number of hydrogen-bond donors (Lipinski definition) is 12. The predicted octanol–water partition coefficient (Wildman–Crippen LogP) is 5.77. The van der Waals surface area contributed by atoms with Gasteiger partial charge >= 0.3 is 0 Å². The van der Waals surface area contributed by atoms with Crippen LogP contribution in [0.25, 0.3) is 0 Å². The van der Waals surface area contributed by atoms with Gasteiger partial charge in [-0.05, 0) is 19.3 Å². The van der Waals surface area contributed by atoms with Gasteiger partial charge in [0.25, 0.3) is 0 Å². The molecule has 3 saturated heterocycles. The second-order valence-corrected chi connectivity index (χ2v) is 22.5. The highest BCUT2D eigenvalue weighted by Crippen LogP contribution is 2.33. The number of hydrogen-bond acceptors (Lipinski definition) is 18. The summed E-state index contributed by atoms with van der Waals surface area (Å²) in [7, 11) is 0. The van der Waals surface area contributed by atoms with E-state index in [2.05, 4.69) is 19.2 Å². The summed E-state index contributed by atoms with van der Waals surface area (Å²) in [6.07, 6.45) is 16.2. The Kier molecular flexibility index (Phi) is 39.2. The Bertz CT molecular complexity index is 1480. The van der Waals surface area contributed by atoms with Gasteiger partial charge in [0.05, 0.1) is 38.6 Å². The van der Waals surface area contributed by atoms with Crippen LogP contribution in [0.15, 0.2) is 12.2 Å². The molecule has 19 heteroatoms. The van der Waals surface area contributed by atoms with Crippen LogP contribution in [0.3, 0.4) is 0 Å². The smallest absolute Gasteiger partial charge is 0.220 e. The summed E-state index contributed by atoms with van der Waals surface area (Å²) in [6.45, 7) is 1.73. The molecule has 19 nitrogen and oxygen atoms in total. The average Bonchev–Trinajstić information content (AvgIpc) is 3.45. The molecular formula is C59H111NO18. The lowest BCUT2D eigenvalue weighted by Gasteiger charge is -2.48. The van der Waals surface area contributed by atoms with Crippen LogP contribution in [0.5, 0.6) is 0 Å². The summed E-state index contributed by atoms with van der Waals surface area (Å²) < 4.78 is 34.2. The number of rotatable bonds is 46. The highest BCUT2D eigenvalue weighted by Gasteiger charge is 2.53. The normalized spacial score (nSPS) is 30.5. The molecule has 0 spiro atoms. The lowest BCUT2D eigenvalue weighted by molar-refractivity contribution is -0.379. The number of nitrogens with one attached hydrogen (secondary N) is 1. The fourth-order valence-electron chi connectivity index (χ4n) is 10.7. The van der Waals surface area contributed by atoms with Crippen LogP contribution in [0, 0.1) is 0 Å². The van der Waals surface area contributed by atoms with Gasteiger partial charge in [-0.1, -0.05) is 212 Å². The van der Waals surface area contributed by atoms with E-state index < -0.39 is 124 Å². The molecule has 3 aliphatic rings. The third-order valence-electron chi connectivity index (χ3n) is 15.8. The minimum absolute atomic E-state index is 0.249. The molecule has 17 unspecified atom stereocenters. The third-order valence-corrected chi connectivity index (χ3v) is 15.8. The van der Waals surface area contributed by atoms with Gasteiger partial charge in [-0.25, -0.2) is 0 Å². The number of aliphatic hydroxyl groups is 11. The Labute approximate surface area is 467 Å². The average molecular weight is 1120 g/mol. The number of ether oxygens (including phenoxy) is 6. The first kappa shape index (κ1) is 70.8. The molecular weight excluding hydrogens is 1010 g/mol. The zero-order valence-corrected chi connectivity index (χ0v) is 47.9. The lowest BCUT2D eigenvalue weighted by atomic mass is 9.96. The lowest BCUT2D eigenvalue weighted by Crippen LogP contribution is -2.66. The van der Waals surface area contributed by atoms with Gasteiger partial charge < -0.3 is 89.9 Å². The molecule has 0 radical (unpaired) electrons. The molecule has 0 bridgehead atoms. The van der Waals surface area contributed by atoms with Crippen molar-refractivity contribution in [2.45, 2.75) is 330 Å². The molecule has 0 aliphatic carbocycles. The van der Waals surface area contributed by atoms with Crippen LogP contribution in [0.1, 0.15) is 226 Å². The zero-order chi connectivity index (χ0) is 56.9. The van der Waals surface area contributed by atoms with E-state index >= 15 is 0 Å². The summed E-state index contributed by atoms with van der Waals surface area (Å²) in [5.74, 6) is -0.272. The topological polar surface area (TPSA) is 307 Å². The molecule has 3 heterocycles. The van der Waals surface area contributed by atoms with E-state index in [0.29, 0.717) is 6.42 Å². The Balaban J connectivity index is 1.48. The van der Waals surface area contributed by atoms with E-state index in [1.54, 1.807) is 6.08 Å². The Morgan fingerprint density at radius 2 is 0.795 bits per heavy atom. The van der Waals surface area contributed by atoms with Crippen molar-refractivity contribution in [1.29, 1.82) is 0 Å². The van der Waals surface area contributed by atoms with E-state index in [9.17, 15) is 61.0 Å². The van der Waals surface area contributed by atoms with E-state index in [-0.39, 0.29) is 18.9 Å². The van der Waals surface area contributed by atoms with Gasteiger partial charge in [0, 0.05) is 6.42 Å². The summed E-state index contributed by atoms with van der Waals surface area (Å²) in [5, 5.41) is 120. The first-order valence-electron chi connectivity index (χ1n) is 30.9. The highest BCUT2D eigenvalue weighted by molar-refractivity contribution is 5.76. The van der Waals surface area contributed by atoms with Gasteiger partial charge in [0.15, 0.2) is 18.9 Å². The molecule has 0 aromatic carbocycles. The van der Waals surface area contributed by atoms with Gasteiger partial charge in [-0.15, -0.1) is 0 Å². The largest absolute Gasteiger partial charge is 0.394 e. The first-order valence-corrected chi connectivity index (χ1v) is 30.9. The minimum atomic E-state index is -1.97. The molecule has 17 atom stereocenters. The van der Waals surface area contributed by atoms with Gasteiger partial charge in [0.1, 0.15) is 73.2 Å². The maximum Gasteiger partial charge on any atom is 0.220 e. The van der Waals surface area contributed by atoms with Gasteiger partial charge in [-0.3, -0.25) is 4.79 Å². The number of carbonyl (C=O) groups excluding carboxylic acids is 1. The van der Waals surface area contributed by atoms with Crippen LogP contribution in [0.4, 0.5) is 0 Å². The maximum atomic E-state index is 13.3. The molecule has 3 rings (SSSR count). The molecule has 3 fully saturated rings. The fraction of sp³-hybridized carbons (Fsp3) is 0.949. The first-order chi connectivity index (χ1) is 37.8. The van der Waals surface area contributed by atoms with E-state index in [4.69, 9.17) is 28.4 Å². The predicted molar refractivity (Wildman–Crippen MR) is 296 cm³/mol. The van der Waals surface area contributed by atoms with E-state index in [1.165, 1.54) is 154 Å². The van der Waals surface area contributed by atoms with Crippen molar-refractivity contribution >= 4 is 5.91 Å². The molecule has 1 amide bonds. The van der Waals surface area contributed by atoms with Crippen LogP contribution >= 0.6 is 0 Å². The second kappa shape index (κ2) is 43.2. The van der Waals surface area contributed by atoms with Crippen LogP contribution < -0.4 is 5.32 Å². The van der Waals surface area contributed by atoms with Crippen LogP contribution in [0.2, 0.25) is 0 Å². The van der Waals surface area contributed by atoms with Gasteiger partial charge in [-0.2, -0.15) is 0 Å². The van der Waals surface area contributed by atoms with E-state index in [0.717, 1.165) is 44.9 Å². The monoisotopic (exact) mass is 1120 g/mol. The van der Waals surface area contributed by atoms with Crippen molar-refractivity contribution in [2.75, 3.05) is 26.4 Å². The molecule has 3 aliphatic heterocycles. The molecule has 0 aromatic heterocycles. The van der Waals surface area contributed by atoms with Crippen molar-refractivity contribution in [2.24, 2.45) is 0 Å². The Hall–Kier alpha value is -1.47. The Morgan fingerprint density at radius 3 is 1.21 bits per heavy atom. The summed E-state index contributed by atoms with van der Waals surface area (Å²) in [4.78, 5) is 13.3. The standard InChI is InChI=1S/C59H111NO18/c1-3-5-7-9-11-13-15-17-18-19-20-21-22-23-25-27-29-31-33-35-37-47(65)60-42(43(64)36-34-32-30-28-26-24-16-14-12-10-8-6-4-2)41-73-57-53(71)50(68)55(45(39-62)75-57)78-59-54(72)51(69)56(46(40-63)76-59)77-58-52(70)49(67)48(66)44(38-61)74-58/h34,36,42-46,48-59,61-64,66-72H,3-33,35,37-41H2,1-2H3,(H,60,65). The number of unbranched alkanes of at least 4 members (excludes halogenated alkanes) is 30. The summed E-state index contributed by atoms with van der Waals surface area (Å²) >= 11 is 0. The van der Waals surface area contributed by atoms with Crippen molar-refractivity contribution in [1.82, 2.24) is 5.32 Å². The van der Waals surface area contributed by atoms with Crippen molar-refractivity contribution in [3.8, 4) is 0 Å². The second-order valence-electron chi connectivity index (χ2n) is 22.5. The van der Waals surface area contributed by atoms with E-state index in [1.807, 2.05) is 6.08 Å². The van der Waals surface area contributed by atoms with Crippen LogP contribution in [-0.2, 0) is 33.2 Å². The number of allylic oxidation sites excluding steroid dienone is 1. The highest BCUT2D eigenvalue weighted by atomic mass is 16.8. The number of amides is 1. The number of carbonyl (C=O) groups is 1. The third kappa shape index (κ3) is 26.8. The van der Waals surface area contributed by atoms with Crippen LogP contribution in [-0.4, -0.2) is 193 Å². The zero-order valence-electron chi connectivity index (χ0n) is 47.9. The molecule has 460 valence electrons. The number of aliphatic hydroxyl groups excluding tert-OH is 11. The summed E-state index contributed by atoms with van der Waals surface area (Å²) in [6, 6.07) is -0.966. The minimum Gasteiger partial charge on any atom is -0.394 e. The summed E-state index contributed by atoms with van der Waals surface area (Å²) in [5.41, 5.74) is 0. The molecule has 12 N–H and O–H groups in total. The SMILES string of the molecule is CCCCCCCCCCCCCC=CC(O)C(COC1OC(CO)C(OC2OC(CO)C(OC3OC(CO)C(O)C(O)C3O)C(O)C2O)C(O)C1O)NC(=O)CCCCCCCCCCCCCCCCCCCCCC. The maximum absolute atomic E-state index is 13.3. The molecule has 0 aromatic rings. The molecule has 78 heavy (non-hydrogen) atoms. The Morgan fingerprint density at radius 1 is 0.449 bits per heavy atom. The van der Waals surface area contributed by atoms with Crippen molar-refractivity contribution in [3.63, 3.8) is 0 Å². The van der Waals surface area contributed by atoms with Crippen molar-refractivity contribution in [3.05, 3.63) is 12.2 Å². The van der Waals surface area contributed by atoms with Gasteiger partial charge in [0.2, 0.25) is 5.91 Å². The van der Waals surface area contributed by atoms with Crippen molar-refractivity contribution < 1.29 is 89.4 Å². The molecule has 0 saturated carbocycles. The quantitative estimate of drug-likeness (QED) is 0.0254.